The van der Waals surface area contributed by atoms with Crippen LogP contribution in [0.5, 0.6) is 0 Å². The van der Waals surface area contributed by atoms with E-state index in [1.54, 1.807) is 0 Å². The topological polar surface area (TPSA) is 61.9 Å². The van der Waals surface area contributed by atoms with E-state index in [-0.39, 0.29) is 17.8 Å². The van der Waals surface area contributed by atoms with Crippen molar-refractivity contribution in [2.75, 3.05) is 49.5 Å². The number of anilines is 2. The number of allylic oxidation sites excluding steroid dienone is 1. The van der Waals surface area contributed by atoms with Crippen LogP contribution in [0.15, 0.2) is 66.7 Å². The molecule has 1 amide bonds. The third-order valence-electron chi connectivity index (χ3n) is 7.32. The van der Waals surface area contributed by atoms with E-state index < -0.39 is 5.41 Å². The molecule has 1 aliphatic carbocycles. The predicted molar refractivity (Wildman–Crippen MR) is 129 cm³/mol. The van der Waals surface area contributed by atoms with E-state index >= 15 is 0 Å². The SMILES string of the molecule is C=C1CC2COC(=O)C2(Cc2ccc(NC(=O)CN3CCN(c4ccccc4)CC3)cc2)C1. The van der Waals surface area contributed by atoms with Gasteiger partial charge in [-0.2, -0.15) is 0 Å². The van der Waals surface area contributed by atoms with Gasteiger partial charge in [0.1, 0.15) is 0 Å². The normalized spacial score (nSPS) is 25.1. The zero-order valence-corrected chi connectivity index (χ0v) is 19.0. The van der Waals surface area contributed by atoms with Gasteiger partial charge in [0.2, 0.25) is 5.91 Å². The average Bonchev–Trinajstić information content (AvgIpc) is 3.29. The van der Waals surface area contributed by atoms with Crippen LogP contribution in [0.2, 0.25) is 0 Å². The molecule has 172 valence electrons. The lowest BCUT2D eigenvalue weighted by Gasteiger charge is -2.35. The van der Waals surface area contributed by atoms with Gasteiger partial charge in [0.15, 0.2) is 0 Å². The summed E-state index contributed by atoms with van der Waals surface area (Å²) >= 11 is 0. The molecule has 0 aromatic heterocycles. The lowest BCUT2D eigenvalue weighted by atomic mass is 9.75. The molecule has 33 heavy (non-hydrogen) atoms. The Labute approximate surface area is 195 Å². The van der Waals surface area contributed by atoms with Gasteiger partial charge >= 0.3 is 5.97 Å². The van der Waals surface area contributed by atoms with Crippen molar-refractivity contribution in [1.82, 2.24) is 4.90 Å². The van der Waals surface area contributed by atoms with E-state index in [2.05, 4.69) is 46.0 Å². The Balaban J connectivity index is 1.12. The number of para-hydroxylation sites is 1. The van der Waals surface area contributed by atoms with Crippen LogP contribution in [0.3, 0.4) is 0 Å². The number of nitrogens with zero attached hydrogens (tertiary/aromatic N) is 2. The number of carbonyl (C=O) groups is 2. The first kappa shape index (κ1) is 21.7. The van der Waals surface area contributed by atoms with Crippen LogP contribution in [0.4, 0.5) is 11.4 Å². The number of amides is 1. The predicted octanol–water partition coefficient (Wildman–Crippen LogP) is 3.50. The second kappa shape index (κ2) is 9.02. The summed E-state index contributed by atoms with van der Waals surface area (Å²) < 4.78 is 5.38. The third-order valence-corrected chi connectivity index (χ3v) is 7.32. The molecule has 2 aromatic carbocycles. The Hall–Kier alpha value is -3.12. The minimum atomic E-state index is -0.455. The Morgan fingerprint density at radius 3 is 2.52 bits per heavy atom. The lowest BCUT2D eigenvalue weighted by molar-refractivity contribution is -0.146. The Bertz CT molecular complexity index is 1030. The van der Waals surface area contributed by atoms with E-state index in [4.69, 9.17) is 4.74 Å². The summed E-state index contributed by atoms with van der Waals surface area (Å²) in [5, 5.41) is 3.01. The fourth-order valence-corrected chi connectivity index (χ4v) is 5.54. The zero-order valence-electron chi connectivity index (χ0n) is 19.0. The summed E-state index contributed by atoms with van der Waals surface area (Å²) in [7, 11) is 0. The molecule has 3 aliphatic rings. The summed E-state index contributed by atoms with van der Waals surface area (Å²) in [6.07, 6.45) is 2.25. The molecule has 1 saturated carbocycles. The number of nitrogens with one attached hydrogen (secondary N) is 1. The molecule has 0 radical (unpaired) electrons. The molecular formula is C27H31N3O3. The molecule has 2 atom stereocenters. The van der Waals surface area contributed by atoms with Crippen molar-refractivity contribution in [2.45, 2.75) is 19.3 Å². The van der Waals surface area contributed by atoms with Crippen molar-refractivity contribution in [1.29, 1.82) is 0 Å². The minimum Gasteiger partial charge on any atom is -0.465 e. The number of benzene rings is 2. The van der Waals surface area contributed by atoms with Crippen molar-refractivity contribution in [2.24, 2.45) is 11.3 Å². The lowest BCUT2D eigenvalue weighted by Crippen LogP contribution is -2.48. The van der Waals surface area contributed by atoms with Crippen LogP contribution in [-0.2, 0) is 20.7 Å². The Morgan fingerprint density at radius 1 is 1.06 bits per heavy atom. The number of cyclic esters (lactones) is 1. The highest BCUT2D eigenvalue weighted by atomic mass is 16.5. The molecular weight excluding hydrogens is 414 g/mol. The molecule has 2 unspecified atom stereocenters. The molecule has 2 heterocycles. The van der Waals surface area contributed by atoms with Crippen molar-refractivity contribution in [3.05, 3.63) is 72.3 Å². The monoisotopic (exact) mass is 445 g/mol. The largest absolute Gasteiger partial charge is 0.465 e. The van der Waals surface area contributed by atoms with Crippen LogP contribution in [0.25, 0.3) is 0 Å². The maximum Gasteiger partial charge on any atom is 0.313 e. The molecule has 2 aromatic rings. The summed E-state index contributed by atoms with van der Waals surface area (Å²) in [4.78, 5) is 29.6. The molecule has 3 fully saturated rings. The number of rotatable bonds is 6. The van der Waals surface area contributed by atoms with Gasteiger partial charge in [0, 0.05) is 43.5 Å². The molecule has 0 spiro atoms. The van der Waals surface area contributed by atoms with Crippen LogP contribution in [-0.4, -0.2) is 56.1 Å². The van der Waals surface area contributed by atoms with Gasteiger partial charge < -0.3 is 15.0 Å². The van der Waals surface area contributed by atoms with Gasteiger partial charge in [-0.05, 0) is 49.1 Å². The Morgan fingerprint density at radius 2 is 1.79 bits per heavy atom. The van der Waals surface area contributed by atoms with Gasteiger partial charge in [-0.3, -0.25) is 14.5 Å². The highest BCUT2D eigenvalue weighted by Crippen LogP contribution is 2.52. The van der Waals surface area contributed by atoms with Gasteiger partial charge in [-0.1, -0.05) is 42.5 Å². The first-order valence-corrected chi connectivity index (χ1v) is 11.8. The molecule has 2 aliphatic heterocycles. The molecule has 1 N–H and O–H groups in total. The quantitative estimate of drug-likeness (QED) is 0.545. The van der Waals surface area contributed by atoms with Crippen LogP contribution < -0.4 is 10.2 Å². The van der Waals surface area contributed by atoms with Crippen LogP contribution in [0, 0.1) is 11.3 Å². The van der Waals surface area contributed by atoms with Crippen molar-refractivity contribution in [3.8, 4) is 0 Å². The van der Waals surface area contributed by atoms with Crippen LogP contribution in [0.1, 0.15) is 18.4 Å². The van der Waals surface area contributed by atoms with Gasteiger partial charge in [0.25, 0.3) is 0 Å². The van der Waals surface area contributed by atoms with E-state index in [1.165, 1.54) is 5.69 Å². The number of fused-ring (bicyclic) bond motifs is 1. The first-order chi connectivity index (χ1) is 16.0. The molecule has 2 saturated heterocycles. The highest BCUT2D eigenvalue weighted by molar-refractivity contribution is 5.92. The summed E-state index contributed by atoms with van der Waals surface area (Å²) in [5.41, 5.74) is 3.80. The second-order valence-electron chi connectivity index (χ2n) is 9.60. The van der Waals surface area contributed by atoms with E-state index in [1.807, 2.05) is 30.3 Å². The summed E-state index contributed by atoms with van der Waals surface area (Å²) in [6.45, 7) is 8.58. The second-order valence-corrected chi connectivity index (χ2v) is 9.60. The number of hydrogen-bond donors (Lipinski definition) is 1. The Kier molecular flexibility index (Phi) is 5.94. The van der Waals surface area contributed by atoms with Gasteiger partial charge in [0.05, 0.1) is 18.6 Å². The van der Waals surface area contributed by atoms with Crippen molar-refractivity contribution >= 4 is 23.3 Å². The van der Waals surface area contributed by atoms with Gasteiger partial charge in [-0.15, -0.1) is 0 Å². The maximum absolute atomic E-state index is 12.6. The average molecular weight is 446 g/mol. The zero-order chi connectivity index (χ0) is 22.8. The number of hydrogen-bond acceptors (Lipinski definition) is 5. The summed E-state index contributed by atoms with van der Waals surface area (Å²) in [6, 6.07) is 18.3. The summed E-state index contributed by atoms with van der Waals surface area (Å²) in [5.74, 6) is 0.149. The molecule has 6 nitrogen and oxygen atoms in total. The highest BCUT2D eigenvalue weighted by Gasteiger charge is 2.55. The molecule has 6 heteroatoms. The standard InChI is InChI=1S/C27H31N3O3/c1-20-15-22-19-33-26(32)27(22,16-20)17-21-7-9-23(10-8-21)28-25(31)18-29-11-13-30(14-12-29)24-5-3-2-4-6-24/h2-10,22H,1,11-19H2,(H,28,31). The number of carbonyl (C=O) groups excluding carboxylic acids is 2. The van der Waals surface area contributed by atoms with Crippen LogP contribution >= 0.6 is 0 Å². The first-order valence-electron chi connectivity index (χ1n) is 11.8. The minimum absolute atomic E-state index is 0.000955. The van der Waals surface area contributed by atoms with E-state index in [0.29, 0.717) is 26.0 Å². The molecule has 5 rings (SSSR count). The maximum atomic E-state index is 12.6. The number of piperazine rings is 1. The van der Waals surface area contributed by atoms with E-state index in [0.717, 1.165) is 49.4 Å². The van der Waals surface area contributed by atoms with Crippen molar-refractivity contribution in [3.63, 3.8) is 0 Å². The van der Waals surface area contributed by atoms with Crippen molar-refractivity contribution < 1.29 is 14.3 Å². The van der Waals surface area contributed by atoms with Gasteiger partial charge in [-0.25, -0.2) is 0 Å². The van der Waals surface area contributed by atoms with E-state index in [9.17, 15) is 9.59 Å². The fraction of sp³-hybridized carbons (Fsp3) is 0.407. The fourth-order valence-electron chi connectivity index (χ4n) is 5.54. The smallest absolute Gasteiger partial charge is 0.313 e. The molecule has 0 bridgehead atoms. The number of ether oxygens (including phenoxy) is 1. The number of esters is 1. The third kappa shape index (κ3) is 4.53.